The summed E-state index contributed by atoms with van der Waals surface area (Å²) in [5, 5.41) is 3.38. The van der Waals surface area contributed by atoms with Crippen molar-refractivity contribution in [2.75, 3.05) is 25.2 Å². The maximum atomic E-state index is 5.19. The molecule has 0 aliphatic carbocycles. The Morgan fingerprint density at radius 2 is 2.35 bits per heavy atom. The van der Waals surface area contributed by atoms with Crippen LogP contribution in [0.5, 0.6) is 5.75 Å². The third kappa shape index (κ3) is 5.49. The van der Waals surface area contributed by atoms with Gasteiger partial charge in [-0.3, -0.25) is 0 Å². The molecule has 0 amide bonds. The van der Waals surface area contributed by atoms with Gasteiger partial charge in [0, 0.05) is 23.3 Å². The molecule has 0 heterocycles. The molecule has 1 aromatic carbocycles. The van der Waals surface area contributed by atoms with Crippen LogP contribution >= 0.6 is 27.7 Å². The first-order chi connectivity index (χ1) is 8.27. The second kappa shape index (κ2) is 8.46. The number of ether oxygens (including phenoxy) is 1. The summed E-state index contributed by atoms with van der Waals surface area (Å²) < 4.78 is 6.29. The normalized spacial score (nSPS) is 9.94. The molecule has 1 aromatic rings. The van der Waals surface area contributed by atoms with Gasteiger partial charge in [-0.15, -0.1) is 18.2 Å². The summed E-state index contributed by atoms with van der Waals surface area (Å²) in [6.45, 7) is 1.78. The fourth-order valence-electron chi connectivity index (χ4n) is 1.31. The van der Waals surface area contributed by atoms with Gasteiger partial charge in [-0.2, -0.15) is 0 Å². The molecule has 92 valence electrons. The Labute approximate surface area is 116 Å². The summed E-state index contributed by atoms with van der Waals surface area (Å²) in [6, 6.07) is 5.98. The van der Waals surface area contributed by atoms with Crippen LogP contribution < -0.4 is 10.1 Å². The van der Waals surface area contributed by atoms with E-state index in [1.54, 1.807) is 18.9 Å². The molecule has 0 fully saturated rings. The quantitative estimate of drug-likeness (QED) is 0.618. The van der Waals surface area contributed by atoms with E-state index in [2.05, 4.69) is 27.2 Å². The van der Waals surface area contributed by atoms with Gasteiger partial charge in [-0.25, -0.2) is 0 Å². The van der Waals surface area contributed by atoms with Gasteiger partial charge in [0.05, 0.1) is 12.9 Å². The number of hydrogen-bond donors (Lipinski definition) is 1. The summed E-state index contributed by atoms with van der Waals surface area (Å²) in [6.07, 6.45) is 5.17. The van der Waals surface area contributed by atoms with Crippen LogP contribution in [0, 0.1) is 12.3 Å². The summed E-state index contributed by atoms with van der Waals surface area (Å²) in [5.74, 6) is 5.31. The lowest BCUT2D eigenvalue weighted by Crippen LogP contribution is -2.17. The van der Waals surface area contributed by atoms with E-state index in [0.717, 1.165) is 34.8 Å². The Kier molecular flexibility index (Phi) is 7.18. The van der Waals surface area contributed by atoms with Crippen molar-refractivity contribution < 1.29 is 4.74 Å². The molecular weight excluding hydrogens is 298 g/mol. The molecule has 1 rings (SSSR count). The van der Waals surface area contributed by atoms with Crippen molar-refractivity contribution in [2.24, 2.45) is 0 Å². The Bertz CT molecular complexity index is 389. The van der Waals surface area contributed by atoms with Crippen molar-refractivity contribution >= 4 is 27.7 Å². The van der Waals surface area contributed by atoms with Gasteiger partial charge in [0.25, 0.3) is 0 Å². The zero-order valence-corrected chi connectivity index (χ0v) is 12.2. The van der Waals surface area contributed by atoms with Crippen molar-refractivity contribution in [3.8, 4) is 18.1 Å². The lowest BCUT2D eigenvalue weighted by atomic mass is 10.2. The minimum atomic E-state index is 0.782. The minimum absolute atomic E-state index is 0.782. The third-order valence-electron chi connectivity index (χ3n) is 2.18. The van der Waals surface area contributed by atoms with Gasteiger partial charge in [-0.1, -0.05) is 21.9 Å². The van der Waals surface area contributed by atoms with Gasteiger partial charge in [-0.05, 0) is 23.8 Å². The Hall–Kier alpha value is -0.630. The number of halogens is 1. The predicted octanol–water partition coefficient (Wildman–Crippen LogP) is 2.91. The second-order valence-electron chi connectivity index (χ2n) is 3.39. The summed E-state index contributed by atoms with van der Waals surface area (Å²) in [4.78, 5) is 0. The Morgan fingerprint density at radius 1 is 1.53 bits per heavy atom. The average Bonchev–Trinajstić information content (AvgIpc) is 2.35. The molecule has 0 bridgehead atoms. The molecular formula is C13H16BrNOS. The first kappa shape index (κ1) is 14.4. The van der Waals surface area contributed by atoms with Crippen molar-refractivity contribution in [1.82, 2.24) is 5.32 Å². The topological polar surface area (TPSA) is 21.3 Å². The van der Waals surface area contributed by atoms with E-state index >= 15 is 0 Å². The Balaban J connectivity index is 2.33. The van der Waals surface area contributed by atoms with Crippen LogP contribution in [0.2, 0.25) is 0 Å². The van der Waals surface area contributed by atoms with E-state index in [4.69, 9.17) is 11.2 Å². The maximum absolute atomic E-state index is 5.19. The molecule has 2 nitrogen and oxygen atoms in total. The molecule has 0 aliphatic heterocycles. The van der Waals surface area contributed by atoms with Gasteiger partial charge >= 0.3 is 0 Å². The van der Waals surface area contributed by atoms with Crippen molar-refractivity contribution in [1.29, 1.82) is 0 Å². The van der Waals surface area contributed by atoms with E-state index in [9.17, 15) is 0 Å². The highest BCUT2D eigenvalue weighted by Crippen LogP contribution is 2.22. The van der Waals surface area contributed by atoms with Crippen LogP contribution in [0.25, 0.3) is 0 Å². The lowest BCUT2D eigenvalue weighted by molar-refractivity contribution is 0.414. The lowest BCUT2D eigenvalue weighted by Gasteiger charge is -2.08. The van der Waals surface area contributed by atoms with Crippen LogP contribution in [0.3, 0.4) is 0 Å². The van der Waals surface area contributed by atoms with Gasteiger partial charge in [0.2, 0.25) is 0 Å². The Morgan fingerprint density at radius 3 is 3.06 bits per heavy atom. The molecule has 0 radical (unpaired) electrons. The molecule has 0 aromatic heterocycles. The first-order valence-electron chi connectivity index (χ1n) is 5.32. The SMILES string of the molecule is C#CCSCCNCc1cc(OC)ccc1Br. The molecule has 1 N–H and O–H groups in total. The first-order valence-corrected chi connectivity index (χ1v) is 7.27. The van der Waals surface area contributed by atoms with E-state index in [0.29, 0.717) is 0 Å². The van der Waals surface area contributed by atoms with Crippen LogP contribution in [-0.2, 0) is 6.54 Å². The minimum Gasteiger partial charge on any atom is -0.497 e. The number of methoxy groups -OCH3 is 1. The molecule has 17 heavy (non-hydrogen) atoms. The van der Waals surface area contributed by atoms with Crippen LogP contribution in [0.1, 0.15) is 5.56 Å². The molecule has 0 spiro atoms. The zero-order chi connectivity index (χ0) is 12.5. The molecule has 0 saturated heterocycles. The second-order valence-corrected chi connectivity index (χ2v) is 5.35. The molecule has 0 unspecified atom stereocenters. The molecule has 0 atom stereocenters. The van der Waals surface area contributed by atoms with Crippen LogP contribution in [0.4, 0.5) is 0 Å². The van der Waals surface area contributed by atoms with Crippen molar-refractivity contribution in [3.63, 3.8) is 0 Å². The van der Waals surface area contributed by atoms with Crippen molar-refractivity contribution in [3.05, 3.63) is 28.2 Å². The molecule has 4 heteroatoms. The number of nitrogens with one attached hydrogen (secondary N) is 1. The van der Waals surface area contributed by atoms with E-state index in [1.807, 2.05) is 18.2 Å². The van der Waals surface area contributed by atoms with E-state index < -0.39 is 0 Å². The number of terminal acetylenes is 1. The third-order valence-corrected chi connectivity index (χ3v) is 3.81. The number of rotatable bonds is 7. The number of hydrogen-bond acceptors (Lipinski definition) is 3. The molecule has 0 aliphatic rings. The predicted molar refractivity (Wildman–Crippen MR) is 78.6 cm³/mol. The van der Waals surface area contributed by atoms with Gasteiger partial charge < -0.3 is 10.1 Å². The molecule has 0 saturated carbocycles. The maximum Gasteiger partial charge on any atom is 0.119 e. The number of thioether (sulfide) groups is 1. The highest BCUT2D eigenvalue weighted by molar-refractivity contribution is 9.10. The fourth-order valence-corrected chi connectivity index (χ4v) is 2.25. The summed E-state index contributed by atoms with van der Waals surface area (Å²) in [7, 11) is 1.68. The highest BCUT2D eigenvalue weighted by Gasteiger charge is 2.01. The number of benzene rings is 1. The monoisotopic (exact) mass is 313 g/mol. The van der Waals surface area contributed by atoms with E-state index in [1.165, 1.54) is 5.56 Å². The summed E-state index contributed by atoms with van der Waals surface area (Å²) >= 11 is 5.29. The largest absolute Gasteiger partial charge is 0.497 e. The van der Waals surface area contributed by atoms with Crippen LogP contribution in [-0.4, -0.2) is 25.2 Å². The van der Waals surface area contributed by atoms with Crippen molar-refractivity contribution in [2.45, 2.75) is 6.54 Å². The van der Waals surface area contributed by atoms with E-state index in [-0.39, 0.29) is 0 Å². The zero-order valence-electron chi connectivity index (χ0n) is 9.83. The smallest absolute Gasteiger partial charge is 0.119 e. The standard InChI is InChI=1S/C13H16BrNOS/c1-3-7-17-8-6-15-10-11-9-12(16-2)4-5-13(11)14/h1,4-5,9,15H,6-8,10H2,2H3. The average molecular weight is 314 g/mol. The fraction of sp³-hybridized carbons (Fsp3) is 0.385. The van der Waals surface area contributed by atoms with Gasteiger partial charge in [0.15, 0.2) is 0 Å². The highest BCUT2D eigenvalue weighted by atomic mass is 79.9. The summed E-state index contributed by atoms with van der Waals surface area (Å²) in [5.41, 5.74) is 1.20. The van der Waals surface area contributed by atoms with Gasteiger partial charge in [0.1, 0.15) is 5.75 Å². The van der Waals surface area contributed by atoms with Crippen LogP contribution in [0.15, 0.2) is 22.7 Å².